The standard InChI is InChI=1S/C13H24N4/c1-9-11(14-6)15-10(2)16-12(9)17(7)8-13(3,4)5/h8H2,1-7H3,(H,14,15,16). The predicted molar refractivity (Wildman–Crippen MR) is 73.8 cm³/mol. The molecule has 0 aliphatic heterocycles. The summed E-state index contributed by atoms with van der Waals surface area (Å²) in [5, 5.41) is 3.12. The van der Waals surface area contributed by atoms with E-state index in [-0.39, 0.29) is 5.41 Å². The summed E-state index contributed by atoms with van der Waals surface area (Å²) in [6.45, 7) is 11.6. The van der Waals surface area contributed by atoms with Crippen molar-refractivity contribution < 1.29 is 0 Å². The van der Waals surface area contributed by atoms with Crippen LogP contribution in [-0.4, -0.2) is 30.6 Å². The maximum atomic E-state index is 4.54. The summed E-state index contributed by atoms with van der Waals surface area (Å²) in [7, 11) is 3.97. The Bertz CT molecular complexity index is 393. The number of nitrogens with zero attached hydrogens (tertiary/aromatic N) is 3. The molecule has 1 rings (SSSR count). The maximum absolute atomic E-state index is 4.54. The smallest absolute Gasteiger partial charge is 0.137 e. The molecule has 0 fully saturated rings. The van der Waals surface area contributed by atoms with E-state index in [1.165, 1.54) is 0 Å². The molecule has 0 radical (unpaired) electrons. The molecule has 0 aliphatic carbocycles. The lowest BCUT2D eigenvalue weighted by Gasteiger charge is -2.29. The molecule has 17 heavy (non-hydrogen) atoms. The van der Waals surface area contributed by atoms with Crippen molar-refractivity contribution in [2.75, 3.05) is 30.9 Å². The molecule has 0 spiro atoms. The van der Waals surface area contributed by atoms with Crippen LogP contribution in [0.3, 0.4) is 0 Å². The third kappa shape index (κ3) is 3.58. The second-order valence-corrected chi connectivity index (χ2v) is 5.73. The second-order valence-electron chi connectivity index (χ2n) is 5.73. The normalized spacial score (nSPS) is 11.5. The van der Waals surface area contributed by atoms with Crippen LogP contribution in [-0.2, 0) is 0 Å². The number of hydrogen-bond donors (Lipinski definition) is 1. The van der Waals surface area contributed by atoms with Gasteiger partial charge in [-0.3, -0.25) is 0 Å². The quantitative estimate of drug-likeness (QED) is 0.876. The predicted octanol–water partition coefficient (Wildman–Crippen LogP) is 2.62. The van der Waals surface area contributed by atoms with Crippen LogP contribution in [0.25, 0.3) is 0 Å². The van der Waals surface area contributed by atoms with Crippen molar-refractivity contribution in [3.05, 3.63) is 11.4 Å². The number of aromatic nitrogens is 2. The highest BCUT2D eigenvalue weighted by Gasteiger charge is 2.18. The number of nitrogens with one attached hydrogen (secondary N) is 1. The molecule has 1 aromatic rings. The van der Waals surface area contributed by atoms with Crippen molar-refractivity contribution in [1.29, 1.82) is 0 Å². The molecule has 0 unspecified atom stereocenters. The molecule has 0 atom stereocenters. The Labute approximate surface area is 104 Å². The molecule has 1 N–H and O–H groups in total. The Morgan fingerprint density at radius 3 is 2.24 bits per heavy atom. The van der Waals surface area contributed by atoms with Gasteiger partial charge in [0.1, 0.15) is 17.5 Å². The van der Waals surface area contributed by atoms with Crippen LogP contribution in [0, 0.1) is 19.3 Å². The average molecular weight is 236 g/mol. The molecule has 0 saturated heterocycles. The molecular weight excluding hydrogens is 212 g/mol. The van der Waals surface area contributed by atoms with Crippen LogP contribution < -0.4 is 10.2 Å². The molecule has 96 valence electrons. The summed E-state index contributed by atoms with van der Waals surface area (Å²) in [6.07, 6.45) is 0. The highest BCUT2D eigenvalue weighted by molar-refractivity contribution is 5.58. The van der Waals surface area contributed by atoms with Gasteiger partial charge in [0.15, 0.2) is 0 Å². The minimum atomic E-state index is 0.250. The van der Waals surface area contributed by atoms with Crippen molar-refractivity contribution in [1.82, 2.24) is 9.97 Å². The number of aryl methyl sites for hydroxylation is 1. The van der Waals surface area contributed by atoms with E-state index >= 15 is 0 Å². The lowest BCUT2D eigenvalue weighted by Crippen LogP contribution is -2.30. The summed E-state index contributed by atoms with van der Waals surface area (Å²) in [6, 6.07) is 0. The zero-order chi connectivity index (χ0) is 13.2. The summed E-state index contributed by atoms with van der Waals surface area (Å²) in [5.74, 6) is 2.72. The molecule has 1 aromatic heterocycles. The minimum absolute atomic E-state index is 0.250. The molecule has 4 nitrogen and oxygen atoms in total. The van der Waals surface area contributed by atoms with Gasteiger partial charge in [-0.15, -0.1) is 0 Å². The molecule has 0 aromatic carbocycles. The van der Waals surface area contributed by atoms with Gasteiger partial charge < -0.3 is 10.2 Å². The van der Waals surface area contributed by atoms with Gasteiger partial charge in [0.05, 0.1) is 0 Å². The molecular formula is C13H24N4. The fourth-order valence-electron chi connectivity index (χ4n) is 2.02. The molecule has 4 heteroatoms. The van der Waals surface area contributed by atoms with Crippen molar-refractivity contribution in [3.8, 4) is 0 Å². The molecule has 0 saturated carbocycles. The zero-order valence-corrected chi connectivity index (χ0v) is 12.0. The maximum Gasteiger partial charge on any atom is 0.137 e. The average Bonchev–Trinajstić information content (AvgIpc) is 2.18. The van der Waals surface area contributed by atoms with Crippen molar-refractivity contribution in [2.45, 2.75) is 34.6 Å². The topological polar surface area (TPSA) is 41.1 Å². The number of rotatable bonds is 3. The van der Waals surface area contributed by atoms with Crippen molar-refractivity contribution in [3.63, 3.8) is 0 Å². The Hall–Kier alpha value is -1.32. The Morgan fingerprint density at radius 1 is 1.18 bits per heavy atom. The fraction of sp³-hybridized carbons (Fsp3) is 0.692. The van der Waals surface area contributed by atoms with E-state index in [1.807, 2.05) is 14.0 Å². The first kappa shape index (κ1) is 13.7. The van der Waals surface area contributed by atoms with Crippen LogP contribution >= 0.6 is 0 Å². The third-order valence-electron chi connectivity index (χ3n) is 2.54. The minimum Gasteiger partial charge on any atom is -0.373 e. The van der Waals surface area contributed by atoms with Crippen LogP contribution in [0.4, 0.5) is 11.6 Å². The SMILES string of the molecule is CNc1nc(C)nc(N(C)CC(C)(C)C)c1C. The fourth-order valence-corrected chi connectivity index (χ4v) is 2.02. The van der Waals surface area contributed by atoms with Crippen molar-refractivity contribution >= 4 is 11.6 Å². The molecule has 0 aliphatic rings. The second kappa shape index (κ2) is 4.90. The van der Waals surface area contributed by atoms with Crippen LogP contribution in [0.5, 0.6) is 0 Å². The van der Waals surface area contributed by atoms with Crippen molar-refractivity contribution in [2.24, 2.45) is 5.41 Å². The monoisotopic (exact) mass is 236 g/mol. The molecule has 0 amide bonds. The van der Waals surface area contributed by atoms with E-state index in [4.69, 9.17) is 0 Å². The Kier molecular flexibility index (Phi) is 3.96. The highest BCUT2D eigenvalue weighted by atomic mass is 15.2. The van der Waals surface area contributed by atoms with Gasteiger partial charge in [-0.1, -0.05) is 20.8 Å². The van der Waals surface area contributed by atoms with Gasteiger partial charge in [-0.25, -0.2) is 9.97 Å². The Morgan fingerprint density at radius 2 is 1.76 bits per heavy atom. The summed E-state index contributed by atoms with van der Waals surface area (Å²) in [5.41, 5.74) is 1.35. The first-order chi connectivity index (χ1) is 7.74. The zero-order valence-electron chi connectivity index (χ0n) is 12.0. The third-order valence-corrected chi connectivity index (χ3v) is 2.54. The first-order valence-electron chi connectivity index (χ1n) is 5.99. The van der Waals surface area contributed by atoms with Crippen LogP contribution in [0.2, 0.25) is 0 Å². The highest BCUT2D eigenvalue weighted by Crippen LogP contribution is 2.25. The summed E-state index contributed by atoms with van der Waals surface area (Å²) >= 11 is 0. The van der Waals surface area contributed by atoms with E-state index in [0.29, 0.717) is 0 Å². The van der Waals surface area contributed by atoms with Gasteiger partial charge in [-0.05, 0) is 19.3 Å². The first-order valence-corrected chi connectivity index (χ1v) is 5.99. The molecule has 1 heterocycles. The van der Waals surface area contributed by atoms with E-state index < -0.39 is 0 Å². The van der Waals surface area contributed by atoms with E-state index in [2.05, 4.69) is 54.9 Å². The van der Waals surface area contributed by atoms with E-state index in [0.717, 1.165) is 29.6 Å². The Balaban J connectivity index is 3.09. The van der Waals surface area contributed by atoms with E-state index in [9.17, 15) is 0 Å². The van der Waals surface area contributed by atoms with Gasteiger partial charge in [0, 0.05) is 26.2 Å². The number of anilines is 2. The summed E-state index contributed by atoms with van der Waals surface area (Å²) in [4.78, 5) is 11.1. The van der Waals surface area contributed by atoms with Crippen LogP contribution in [0.1, 0.15) is 32.2 Å². The van der Waals surface area contributed by atoms with Crippen LogP contribution in [0.15, 0.2) is 0 Å². The number of hydrogen-bond acceptors (Lipinski definition) is 4. The lowest BCUT2D eigenvalue weighted by atomic mass is 9.96. The lowest BCUT2D eigenvalue weighted by molar-refractivity contribution is 0.417. The largest absolute Gasteiger partial charge is 0.373 e. The van der Waals surface area contributed by atoms with Gasteiger partial charge >= 0.3 is 0 Å². The van der Waals surface area contributed by atoms with E-state index in [1.54, 1.807) is 0 Å². The molecule has 0 bridgehead atoms. The van der Waals surface area contributed by atoms with Gasteiger partial charge in [0.2, 0.25) is 0 Å². The summed E-state index contributed by atoms with van der Waals surface area (Å²) < 4.78 is 0. The van der Waals surface area contributed by atoms with Gasteiger partial charge in [0.25, 0.3) is 0 Å². The van der Waals surface area contributed by atoms with Gasteiger partial charge in [-0.2, -0.15) is 0 Å².